The smallest absolute Gasteiger partial charge is 0.191 e. The first-order chi connectivity index (χ1) is 8.83. The fourth-order valence-electron chi connectivity index (χ4n) is 2.03. The predicted octanol–water partition coefficient (Wildman–Crippen LogP) is -0.860. The van der Waals surface area contributed by atoms with Crippen LogP contribution in [0, 0.1) is 0 Å². The SMILES string of the molecule is CCNC(=NCCO)NC1CCc2ncnn2C1. The average Bonchev–Trinajstić information content (AvgIpc) is 2.83. The molecule has 0 spiro atoms. The maximum absolute atomic E-state index is 8.81. The lowest BCUT2D eigenvalue weighted by molar-refractivity contribution is 0.306. The van der Waals surface area contributed by atoms with Gasteiger partial charge in [-0.1, -0.05) is 0 Å². The monoisotopic (exact) mass is 252 g/mol. The molecular weight excluding hydrogens is 232 g/mol. The molecule has 18 heavy (non-hydrogen) atoms. The summed E-state index contributed by atoms with van der Waals surface area (Å²) >= 11 is 0. The van der Waals surface area contributed by atoms with Crippen LogP contribution in [-0.4, -0.2) is 51.6 Å². The Hall–Kier alpha value is -1.63. The van der Waals surface area contributed by atoms with Gasteiger partial charge in [0.1, 0.15) is 12.2 Å². The number of aliphatic imine (C=N–C) groups is 1. The Labute approximate surface area is 106 Å². The van der Waals surface area contributed by atoms with Crippen molar-refractivity contribution in [3.05, 3.63) is 12.2 Å². The van der Waals surface area contributed by atoms with Gasteiger partial charge in [0.2, 0.25) is 0 Å². The molecular formula is C11H20N6O. The molecule has 7 heteroatoms. The summed E-state index contributed by atoms with van der Waals surface area (Å²) in [5.74, 6) is 1.80. The van der Waals surface area contributed by atoms with E-state index in [1.807, 2.05) is 11.6 Å². The molecule has 100 valence electrons. The van der Waals surface area contributed by atoms with Crippen molar-refractivity contribution in [1.29, 1.82) is 0 Å². The third-order valence-corrected chi connectivity index (χ3v) is 2.86. The molecule has 2 rings (SSSR count). The van der Waals surface area contributed by atoms with Crippen LogP contribution in [0.25, 0.3) is 0 Å². The summed E-state index contributed by atoms with van der Waals surface area (Å²) in [6.07, 6.45) is 3.54. The molecule has 0 bridgehead atoms. The summed E-state index contributed by atoms with van der Waals surface area (Å²) < 4.78 is 1.93. The van der Waals surface area contributed by atoms with Crippen molar-refractivity contribution in [3.8, 4) is 0 Å². The van der Waals surface area contributed by atoms with Gasteiger partial charge in [-0.2, -0.15) is 5.10 Å². The lowest BCUT2D eigenvalue weighted by Gasteiger charge is -2.25. The molecule has 0 saturated heterocycles. The van der Waals surface area contributed by atoms with Gasteiger partial charge in [-0.3, -0.25) is 4.99 Å². The van der Waals surface area contributed by atoms with E-state index in [2.05, 4.69) is 25.7 Å². The van der Waals surface area contributed by atoms with Gasteiger partial charge in [0.05, 0.1) is 19.7 Å². The van der Waals surface area contributed by atoms with Crippen LogP contribution in [0.4, 0.5) is 0 Å². The summed E-state index contributed by atoms with van der Waals surface area (Å²) in [6.45, 7) is 4.11. The number of nitrogens with zero attached hydrogens (tertiary/aromatic N) is 4. The minimum absolute atomic E-state index is 0.0640. The largest absolute Gasteiger partial charge is 0.394 e. The Morgan fingerprint density at radius 3 is 3.33 bits per heavy atom. The maximum Gasteiger partial charge on any atom is 0.191 e. The van der Waals surface area contributed by atoms with Crippen molar-refractivity contribution >= 4 is 5.96 Å². The van der Waals surface area contributed by atoms with Gasteiger partial charge in [-0.15, -0.1) is 0 Å². The van der Waals surface area contributed by atoms with Gasteiger partial charge in [0.15, 0.2) is 5.96 Å². The van der Waals surface area contributed by atoms with Crippen molar-refractivity contribution in [2.45, 2.75) is 32.4 Å². The number of aryl methyl sites for hydroxylation is 1. The fraction of sp³-hybridized carbons (Fsp3) is 0.727. The molecule has 0 aliphatic carbocycles. The predicted molar refractivity (Wildman–Crippen MR) is 68.3 cm³/mol. The number of aliphatic hydroxyl groups excluding tert-OH is 1. The Kier molecular flexibility index (Phi) is 4.52. The number of aromatic nitrogens is 3. The van der Waals surface area contributed by atoms with Crippen molar-refractivity contribution in [1.82, 2.24) is 25.4 Å². The lowest BCUT2D eigenvalue weighted by Crippen LogP contribution is -2.47. The van der Waals surface area contributed by atoms with Gasteiger partial charge in [0, 0.05) is 19.0 Å². The Bertz CT molecular complexity index is 402. The number of hydrogen-bond acceptors (Lipinski definition) is 4. The van der Waals surface area contributed by atoms with Crippen LogP contribution in [0.5, 0.6) is 0 Å². The summed E-state index contributed by atoms with van der Waals surface area (Å²) in [4.78, 5) is 8.47. The van der Waals surface area contributed by atoms with Gasteiger partial charge in [0.25, 0.3) is 0 Å². The Morgan fingerprint density at radius 1 is 1.67 bits per heavy atom. The van der Waals surface area contributed by atoms with Crippen LogP contribution in [0.3, 0.4) is 0 Å². The quantitative estimate of drug-likeness (QED) is 0.479. The minimum Gasteiger partial charge on any atom is -0.394 e. The van der Waals surface area contributed by atoms with E-state index in [4.69, 9.17) is 5.11 Å². The van der Waals surface area contributed by atoms with E-state index in [0.717, 1.165) is 37.7 Å². The first-order valence-corrected chi connectivity index (χ1v) is 6.36. The highest BCUT2D eigenvalue weighted by Gasteiger charge is 2.20. The first kappa shape index (κ1) is 12.8. The van der Waals surface area contributed by atoms with Crippen LogP contribution in [0.2, 0.25) is 0 Å². The molecule has 0 saturated carbocycles. The van der Waals surface area contributed by atoms with E-state index in [9.17, 15) is 0 Å². The number of aliphatic hydroxyl groups is 1. The summed E-state index contributed by atoms with van der Waals surface area (Å²) in [7, 11) is 0. The first-order valence-electron chi connectivity index (χ1n) is 6.36. The highest BCUT2D eigenvalue weighted by molar-refractivity contribution is 5.80. The van der Waals surface area contributed by atoms with E-state index in [1.54, 1.807) is 6.33 Å². The van der Waals surface area contributed by atoms with Gasteiger partial charge < -0.3 is 15.7 Å². The fourth-order valence-corrected chi connectivity index (χ4v) is 2.03. The Morgan fingerprint density at radius 2 is 2.56 bits per heavy atom. The van der Waals surface area contributed by atoms with Crippen molar-refractivity contribution in [3.63, 3.8) is 0 Å². The zero-order valence-electron chi connectivity index (χ0n) is 10.6. The molecule has 0 amide bonds. The molecule has 0 fully saturated rings. The number of nitrogens with one attached hydrogen (secondary N) is 2. The number of fused-ring (bicyclic) bond motifs is 1. The van der Waals surface area contributed by atoms with Crippen molar-refractivity contribution < 1.29 is 5.11 Å². The topological polar surface area (TPSA) is 87.4 Å². The van der Waals surface area contributed by atoms with Crippen LogP contribution >= 0.6 is 0 Å². The average molecular weight is 252 g/mol. The standard InChI is InChI=1S/C11H20N6O/c1-2-12-11(13-5-6-18)16-9-3-4-10-14-8-15-17(10)7-9/h8-9,18H,2-7H2,1H3,(H2,12,13,16). The molecule has 1 aliphatic rings. The van der Waals surface area contributed by atoms with Crippen LogP contribution < -0.4 is 10.6 Å². The minimum atomic E-state index is 0.0640. The van der Waals surface area contributed by atoms with Crippen molar-refractivity contribution in [2.75, 3.05) is 19.7 Å². The molecule has 2 heterocycles. The third-order valence-electron chi connectivity index (χ3n) is 2.86. The number of rotatable bonds is 4. The lowest BCUT2D eigenvalue weighted by atomic mass is 10.1. The summed E-state index contributed by atoms with van der Waals surface area (Å²) in [5.41, 5.74) is 0. The zero-order chi connectivity index (χ0) is 12.8. The third kappa shape index (κ3) is 3.19. The summed E-state index contributed by atoms with van der Waals surface area (Å²) in [6, 6.07) is 0.302. The second-order valence-corrected chi connectivity index (χ2v) is 4.22. The molecule has 1 unspecified atom stereocenters. The normalized spacial score (nSPS) is 19.4. The van der Waals surface area contributed by atoms with Crippen LogP contribution in [0.1, 0.15) is 19.2 Å². The van der Waals surface area contributed by atoms with Crippen molar-refractivity contribution in [2.24, 2.45) is 4.99 Å². The molecule has 0 aromatic carbocycles. The number of hydrogen-bond donors (Lipinski definition) is 3. The molecule has 0 radical (unpaired) electrons. The van der Waals surface area contributed by atoms with Crippen LogP contribution in [-0.2, 0) is 13.0 Å². The Balaban J connectivity index is 1.92. The second kappa shape index (κ2) is 6.34. The summed E-state index contributed by atoms with van der Waals surface area (Å²) in [5, 5.41) is 19.5. The van der Waals surface area contributed by atoms with Gasteiger partial charge >= 0.3 is 0 Å². The molecule has 7 nitrogen and oxygen atoms in total. The van der Waals surface area contributed by atoms with E-state index >= 15 is 0 Å². The highest BCUT2D eigenvalue weighted by atomic mass is 16.3. The molecule has 1 aromatic rings. The molecule has 1 aliphatic heterocycles. The van der Waals surface area contributed by atoms with E-state index in [0.29, 0.717) is 12.6 Å². The van der Waals surface area contributed by atoms with E-state index in [-0.39, 0.29) is 6.61 Å². The van der Waals surface area contributed by atoms with E-state index < -0.39 is 0 Å². The second-order valence-electron chi connectivity index (χ2n) is 4.22. The van der Waals surface area contributed by atoms with Crippen LogP contribution in [0.15, 0.2) is 11.3 Å². The molecule has 3 N–H and O–H groups in total. The van der Waals surface area contributed by atoms with Gasteiger partial charge in [-0.05, 0) is 13.3 Å². The van der Waals surface area contributed by atoms with E-state index in [1.165, 1.54) is 0 Å². The zero-order valence-corrected chi connectivity index (χ0v) is 10.6. The maximum atomic E-state index is 8.81. The molecule has 1 aromatic heterocycles. The molecule has 1 atom stereocenters. The highest BCUT2D eigenvalue weighted by Crippen LogP contribution is 2.11. The van der Waals surface area contributed by atoms with Gasteiger partial charge in [-0.25, -0.2) is 9.67 Å². The number of guanidine groups is 1.